The molecule has 0 aliphatic heterocycles. The molecule has 0 saturated heterocycles. The Balaban J connectivity index is 3.69. The highest BCUT2D eigenvalue weighted by molar-refractivity contribution is 4.74. The van der Waals surface area contributed by atoms with E-state index in [1.807, 2.05) is 13.8 Å². The predicted octanol–water partition coefficient (Wildman–Crippen LogP) is 1.39. The zero-order chi connectivity index (χ0) is 12.1. The third-order valence-corrected chi connectivity index (χ3v) is 2.26. The lowest BCUT2D eigenvalue weighted by molar-refractivity contribution is 0.108. The SMILES string of the molecule is CC(C)(C)CC(O)CNCC(C)(C)CO. The van der Waals surface area contributed by atoms with Gasteiger partial charge in [-0.2, -0.15) is 0 Å². The van der Waals surface area contributed by atoms with Gasteiger partial charge in [0.05, 0.1) is 6.10 Å². The molecule has 0 amide bonds. The van der Waals surface area contributed by atoms with Crippen molar-refractivity contribution in [3.05, 3.63) is 0 Å². The minimum atomic E-state index is -0.306. The van der Waals surface area contributed by atoms with Crippen molar-refractivity contribution in [2.24, 2.45) is 10.8 Å². The third kappa shape index (κ3) is 8.85. The first-order valence-corrected chi connectivity index (χ1v) is 5.66. The van der Waals surface area contributed by atoms with Crippen LogP contribution in [0.3, 0.4) is 0 Å². The van der Waals surface area contributed by atoms with Crippen LogP contribution in [0.5, 0.6) is 0 Å². The molecule has 0 spiro atoms. The van der Waals surface area contributed by atoms with E-state index in [0.29, 0.717) is 6.54 Å². The molecule has 0 bridgehead atoms. The maximum Gasteiger partial charge on any atom is 0.0669 e. The summed E-state index contributed by atoms with van der Waals surface area (Å²) in [6, 6.07) is 0. The highest BCUT2D eigenvalue weighted by Gasteiger charge is 2.19. The molecule has 0 fully saturated rings. The Labute approximate surface area is 93.9 Å². The molecular weight excluding hydrogens is 190 g/mol. The molecule has 0 aliphatic rings. The summed E-state index contributed by atoms with van der Waals surface area (Å²) in [5, 5.41) is 22.0. The molecule has 3 heteroatoms. The van der Waals surface area contributed by atoms with Gasteiger partial charge < -0.3 is 15.5 Å². The van der Waals surface area contributed by atoms with Crippen molar-refractivity contribution in [2.75, 3.05) is 19.7 Å². The molecule has 0 aromatic rings. The maximum atomic E-state index is 9.73. The highest BCUT2D eigenvalue weighted by Crippen LogP contribution is 2.20. The van der Waals surface area contributed by atoms with E-state index < -0.39 is 0 Å². The van der Waals surface area contributed by atoms with Crippen LogP contribution < -0.4 is 5.32 Å². The molecule has 92 valence electrons. The Hall–Kier alpha value is -0.120. The molecular formula is C12H27NO2. The van der Waals surface area contributed by atoms with Crippen molar-refractivity contribution >= 4 is 0 Å². The summed E-state index contributed by atoms with van der Waals surface area (Å²) in [4.78, 5) is 0. The molecule has 15 heavy (non-hydrogen) atoms. The lowest BCUT2D eigenvalue weighted by atomic mass is 9.89. The second kappa shape index (κ2) is 5.83. The van der Waals surface area contributed by atoms with Crippen molar-refractivity contribution < 1.29 is 10.2 Å². The smallest absolute Gasteiger partial charge is 0.0669 e. The lowest BCUT2D eigenvalue weighted by Gasteiger charge is -2.25. The molecule has 0 radical (unpaired) electrons. The quantitative estimate of drug-likeness (QED) is 0.630. The van der Waals surface area contributed by atoms with Gasteiger partial charge in [-0.1, -0.05) is 34.6 Å². The van der Waals surface area contributed by atoms with E-state index >= 15 is 0 Å². The Morgan fingerprint density at radius 2 is 1.67 bits per heavy atom. The Kier molecular flexibility index (Phi) is 5.78. The molecule has 3 nitrogen and oxygen atoms in total. The summed E-state index contributed by atoms with van der Waals surface area (Å²) in [7, 11) is 0. The van der Waals surface area contributed by atoms with Gasteiger partial charge in [0.15, 0.2) is 0 Å². The molecule has 0 aliphatic carbocycles. The normalized spacial score (nSPS) is 15.4. The van der Waals surface area contributed by atoms with Crippen molar-refractivity contribution in [3.63, 3.8) is 0 Å². The van der Waals surface area contributed by atoms with E-state index in [9.17, 15) is 5.11 Å². The highest BCUT2D eigenvalue weighted by atomic mass is 16.3. The van der Waals surface area contributed by atoms with Crippen LogP contribution in [0.15, 0.2) is 0 Å². The van der Waals surface area contributed by atoms with Gasteiger partial charge in [-0.25, -0.2) is 0 Å². The van der Waals surface area contributed by atoms with Crippen LogP contribution in [0.2, 0.25) is 0 Å². The Morgan fingerprint density at radius 1 is 1.13 bits per heavy atom. The van der Waals surface area contributed by atoms with Crippen molar-refractivity contribution in [2.45, 2.75) is 47.1 Å². The van der Waals surface area contributed by atoms with E-state index in [2.05, 4.69) is 26.1 Å². The molecule has 0 rings (SSSR count). The van der Waals surface area contributed by atoms with Crippen molar-refractivity contribution in [1.82, 2.24) is 5.32 Å². The van der Waals surface area contributed by atoms with Gasteiger partial charge in [0.2, 0.25) is 0 Å². The van der Waals surface area contributed by atoms with Crippen molar-refractivity contribution in [1.29, 1.82) is 0 Å². The summed E-state index contributed by atoms with van der Waals surface area (Å²) < 4.78 is 0. The minimum absolute atomic E-state index is 0.110. The van der Waals surface area contributed by atoms with Gasteiger partial charge >= 0.3 is 0 Å². The van der Waals surface area contributed by atoms with Crippen LogP contribution in [-0.4, -0.2) is 36.0 Å². The molecule has 1 unspecified atom stereocenters. The Bertz CT molecular complexity index is 173. The van der Waals surface area contributed by atoms with E-state index in [1.54, 1.807) is 0 Å². The van der Waals surface area contributed by atoms with E-state index in [1.165, 1.54) is 0 Å². The van der Waals surface area contributed by atoms with Crippen LogP contribution in [0.25, 0.3) is 0 Å². The first kappa shape index (κ1) is 14.9. The molecule has 3 N–H and O–H groups in total. The van der Waals surface area contributed by atoms with Gasteiger partial charge in [-0.3, -0.25) is 0 Å². The van der Waals surface area contributed by atoms with Gasteiger partial charge in [0.25, 0.3) is 0 Å². The number of rotatable bonds is 6. The van der Waals surface area contributed by atoms with Gasteiger partial charge in [0, 0.05) is 25.1 Å². The van der Waals surface area contributed by atoms with Gasteiger partial charge in [-0.15, -0.1) is 0 Å². The van der Waals surface area contributed by atoms with Gasteiger partial charge in [0.1, 0.15) is 0 Å². The van der Waals surface area contributed by atoms with E-state index in [4.69, 9.17) is 5.11 Å². The summed E-state index contributed by atoms with van der Waals surface area (Å²) in [6.45, 7) is 11.8. The number of hydrogen-bond donors (Lipinski definition) is 3. The van der Waals surface area contributed by atoms with Crippen LogP contribution in [0.4, 0.5) is 0 Å². The van der Waals surface area contributed by atoms with Crippen LogP contribution in [-0.2, 0) is 0 Å². The average Bonchev–Trinajstić information content (AvgIpc) is 2.00. The van der Waals surface area contributed by atoms with Crippen LogP contribution in [0, 0.1) is 10.8 Å². The first-order valence-electron chi connectivity index (χ1n) is 5.66. The molecule has 0 heterocycles. The van der Waals surface area contributed by atoms with Crippen LogP contribution in [0.1, 0.15) is 41.0 Å². The second-order valence-corrected chi connectivity index (χ2v) is 6.37. The van der Waals surface area contributed by atoms with Gasteiger partial charge in [-0.05, 0) is 11.8 Å². The third-order valence-electron chi connectivity index (χ3n) is 2.26. The number of aliphatic hydroxyl groups excluding tert-OH is 2. The minimum Gasteiger partial charge on any atom is -0.396 e. The fourth-order valence-corrected chi connectivity index (χ4v) is 1.41. The summed E-state index contributed by atoms with van der Waals surface area (Å²) in [5.74, 6) is 0. The summed E-state index contributed by atoms with van der Waals surface area (Å²) >= 11 is 0. The average molecular weight is 217 g/mol. The van der Waals surface area contributed by atoms with Crippen LogP contribution >= 0.6 is 0 Å². The molecule has 0 aromatic heterocycles. The summed E-state index contributed by atoms with van der Waals surface area (Å²) in [5.41, 5.74) is 0.0506. The summed E-state index contributed by atoms with van der Waals surface area (Å²) in [6.07, 6.45) is 0.485. The molecule has 1 atom stereocenters. The maximum absolute atomic E-state index is 9.73. The largest absolute Gasteiger partial charge is 0.396 e. The van der Waals surface area contributed by atoms with E-state index in [-0.39, 0.29) is 23.5 Å². The number of nitrogens with one attached hydrogen (secondary N) is 1. The standard InChI is InChI=1S/C12H27NO2/c1-11(2,3)6-10(15)7-13-8-12(4,5)9-14/h10,13-15H,6-9H2,1-5H3. The first-order chi connectivity index (χ1) is 6.66. The number of hydrogen-bond acceptors (Lipinski definition) is 3. The lowest BCUT2D eigenvalue weighted by Crippen LogP contribution is -2.37. The zero-order valence-corrected chi connectivity index (χ0v) is 10.8. The Morgan fingerprint density at radius 3 is 2.07 bits per heavy atom. The second-order valence-electron chi connectivity index (χ2n) is 6.37. The molecule has 0 aromatic carbocycles. The van der Waals surface area contributed by atoms with E-state index in [0.717, 1.165) is 13.0 Å². The molecule has 0 saturated carbocycles. The fraction of sp³-hybridized carbons (Fsp3) is 1.00. The van der Waals surface area contributed by atoms with Crippen molar-refractivity contribution in [3.8, 4) is 0 Å². The zero-order valence-electron chi connectivity index (χ0n) is 10.8. The topological polar surface area (TPSA) is 52.5 Å². The number of aliphatic hydroxyl groups is 2. The monoisotopic (exact) mass is 217 g/mol. The fourth-order valence-electron chi connectivity index (χ4n) is 1.41. The predicted molar refractivity (Wildman–Crippen MR) is 63.8 cm³/mol.